The van der Waals surface area contributed by atoms with E-state index in [0.29, 0.717) is 30.8 Å². The third-order valence-corrected chi connectivity index (χ3v) is 4.33. The van der Waals surface area contributed by atoms with Crippen molar-refractivity contribution in [3.8, 4) is 0 Å². The molecular formula is C21H24FN3O5. The number of nitrogens with zero attached hydrogens (tertiary/aromatic N) is 2. The average Bonchev–Trinajstić information content (AvgIpc) is 2.73. The number of benzene rings is 2. The first-order chi connectivity index (χ1) is 14.4. The van der Waals surface area contributed by atoms with E-state index in [1.165, 1.54) is 23.1 Å². The van der Waals surface area contributed by atoms with Gasteiger partial charge in [0.25, 0.3) is 11.6 Å². The molecule has 1 N–H and O–H groups in total. The van der Waals surface area contributed by atoms with E-state index < -0.39 is 10.9 Å². The van der Waals surface area contributed by atoms with Crippen molar-refractivity contribution >= 4 is 23.3 Å². The SMILES string of the molecule is CCN(Cc1cccc(F)c1)C(=O)COC(=O)CCCNc1ccccc1[N+](=O)[O-]. The minimum absolute atomic E-state index is 0.0383. The largest absolute Gasteiger partial charge is 0.456 e. The topological polar surface area (TPSA) is 102 Å². The molecule has 8 nitrogen and oxygen atoms in total. The van der Waals surface area contributed by atoms with Gasteiger partial charge in [0.1, 0.15) is 11.5 Å². The molecule has 160 valence electrons. The van der Waals surface area contributed by atoms with Crippen LogP contribution in [0.3, 0.4) is 0 Å². The van der Waals surface area contributed by atoms with Crippen LogP contribution < -0.4 is 5.32 Å². The van der Waals surface area contributed by atoms with Gasteiger partial charge < -0.3 is 15.0 Å². The Kier molecular flexibility index (Phi) is 8.74. The van der Waals surface area contributed by atoms with Gasteiger partial charge in [0.15, 0.2) is 6.61 Å². The molecule has 0 aliphatic heterocycles. The van der Waals surface area contributed by atoms with Crippen molar-refractivity contribution in [2.75, 3.05) is 25.0 Å². The van der Waals surface area contributed by atoms with Crippen LogP contribution in [0.25, 0.3) is 0 Å². The summed E-state index contributed by atoms with van der Waals surface area (Å²) in [6.07, 6.45) is 0.455. The van der Waals surface area contributed by atoms with Crippen LogP contribution in [0.5, 0.6) is 0 Å². The predicted molar refractivity (Wildman–Crippen MR) is 109 cm³/mol. The lowest BCUT2D eigenvalue weighted by Gasteiger charge is -2.21. The van der Waals surface area contributed by atoms with Gasteiger partial charge in [0.2, 0.25) is 0 Å². The van der Waals surface area contributed by atoms with Crippen molar-refractivity contribution in [2.45, 2.75) is 26.3 Å². The third kappa shape index (κ3) is 7.16. The molecule has 2 aromatic rings. The zero-order valence-electron chi connectivity index (χ0n) is 16.7. The Balaban J connectivity index is 1.72. The van der Waals surface area contributed by atoms with E-state index in [4.69, 9.17) is 4.74 Å². The second kappa shape index (κ2) is 11.5. The van der Waals surface area contributed by atoms with Gasteiger partial charge in [-0.1, -0.05) is 24.3 Å². The number of nitrogens with one attached hydrogen (secondary N) is 1. The van der Waals surface area contributed by atoms with Gasteiger partial charge in [-0.3, -0.25) is 19.7 Å². The molecule has 0 unspecified atom stereocenters. The van der Waals surface area contributed by atoms with Crippen molar-refractivity contribution in [3.63, 3.8) is 0 Å². The lowest BCUT2D eigenvalue weighted by Crippen LogP contribution is -2.34. The Labute approximate surface area is 173 Å². The quantitative estimate of drug-likeness (QED) is 0.260. The van der Waals surface area contributed by atoms with Crippen molar-refractivity contribution in [1.29, 1.82) is 0 Å². The number of likely N-dealkylation sites (N-methyl/N-ethyl adjacent to an activating group) is 1. The van der Waals surface area contributed by atoms with E-state index in [1.807, 2.05) is 0 Å². The Morgan fingerprint density at radius 3 is 2.67 bits per heavy atom. The summed E-state index contributed by atoms with van der Waals surface area (Å²) in [5, 5.41) is 13.9. The summed E-state index contributed by atoms with van der Waals surface area (Å²) >= 11 is 0. The van der Waals surface area contributed by atoms with Gasteiger partial charge >= 0.3 is 5.97 Å². The van der Waals surface area contributed by atoms with Crippen LogP contribution in [0, 0.1) is 15.9 Å². The zero-order chi connectivity index (χ0) is 21.9. The number of ether oxygens (including phenoxy) is 1. The van der Waals surface area contributed by atoms with Gasteiger partial charge in [-0.05, 0) is 37.1 Å². The monoisotopic (exact) mass is 417 g/mol. The standard InChI is InChI=1S/C21H24FN3O5/c1-2-24(14-16-7-5-8-17(22)13-16)20(26)15-30-21(27)11-6-12-23-18-9-3-4-10-19(18)25(28)29/h3-5,7-10,13,23H,2,6,11-12,14-15H2,1H3. The van der Waals surface area contributed by atoms with Crippen LogP contribution >= 0.6 is 0 Å². The third-order valence-electron chi connectivity index (χ3n) is 4.33. The van der Waals surface area contributed by atoms with Gasteiger partial charge in [-0.2, -0.15) is 0 Å². The van der Waals surface area contributed by atoms with Gasteiger partial charge in [0.05, 0.1) is 4.92 Å². The fourth-order valence-electron chi connectivity index (χ4n) is 2.78. The summed E-state index contributed by atoms with van der Waals surface area (Å²) in [5.74, 6) is -1.28. The first kappa shape index (κ1) is 22.8. The molecule has 0 aromatic heterocycles. The summed E-state index contributed by atoms with van der Waals surface area (Å²) in [4.78, 5) is 36.1. The van der Waals surface area contributed by atoms with Crippen LogP contribution in [0.4, 0.5) is 15.8 Å². The molecule has 0 aliphatic carbocycles. The van der Waals surface area contributed by atoms with Gasteiger partial charge in [0, 0.05) is 32.1 Å². The van der Waals surface area contributed by atoms with Gasteiger partial charge in [-0.25, -0.2) is 4.39 Å². The number of hydrogen-bond acceptors (Lipinski definition) is 6. The molecule has 0 atom stereocenters. The number of carbonyl (C=O) groups excluding carboxylic acids is 2. The molecule has 30 heavy (non-hydrogen) atoms. The molecule has 0 bridgehead atoms. The first-order valence-electron chi connectivity index (χ1n) is 9.55. The van der Waals surface area contributed by atoms with Crippen LogP contribution in [0.2, 0.25) is 0 Å². The lowest BCUT2D eigenvalue weighted by molar-refractivity contribution is -0.384. The highest BCUT2D eigenvalue weighted by Gasteiger charge is 2.15. The van der Waals surface area contributed by atoms with Crippen LogP contribution in [-0.2, 0) is 20.9 Å². The van der Waals surface area contributed by atoms with Crippen molar-refractivity contribution in [3.05, 3.63) is 70.0 Å². The number of para-hydroxylation sites is 2. The predicted octanol–water partition coefficient (Wildman–Crippen LogP) is 3.52. The number of esters is 1. The average molecular weight is 417 g/mol. The maximum absolute atomic E-state index is 13.3. The summed E-state index contributed by atoms with van der Waals surface area (Å²) in [7, 11) is 0. The van der Waals surface area contributed by atoms with Crippen LogP contribution in [0.1, 0.15) is 25.3 Å². The van der Waals surface area contributed by atoms with E-state index in [-0.39, 0.29) is 37.0 Å². The number of halogens is 1. The molecule has 0 fully saturated rings. The number of nitro benzene ring substituents is 1. The van der Waals surface area contributed by atoms with E-state index in [9.17, 15) is 24.1 Å². The smallest absolute Gasteiger partial charge is 0.306 e. The summed E-state index contributed by atoms with van der Waals surface area (Å²) < 4.78 is 18.3. The van der Waals surface area contributed by atoms with Gasteiger partial charge in [-0.15, -0.1) is 0 Å². The van der Waals surface area contributed by atoms with E-state index >= 15 is 0 Å². The molecule has 0 heterocycles. The molecule has 0 aliphatic rings. The number of nitro groups is 1. The minimum atomic E-state index is -0.533. The maximum atomic E-state index is 13.3. The Morgan fingerprint density at radius 2 is 1.97 bits per heavy atom. The number of rotatable bonds is 11. The fourth-order valence-corrected chi connectivity index (χ4v) is 2.78. The summed E-state index contributed by atoms with van der Waals surface area (Å²) in [5.41, 5.74) is 0.989. The summed E-state index contributed by atoms with van der Waals surface area (Å²) in [6, 6.07) is 12.2. The highest BCUT2D eigenvalue weighted by molar-refractivity contribution is 5.80. The molecule has 0 saturated carbocycles. The highest BCUT2D eigenvalue weighted by atomic mass is 19.1. The van der Waals surface area contributed by atoms with E-state index in [2.05, 4.69) is 5.32 Å². The first-order valence-corrected chi connectivity index (χ1v) is 9.55. The van der Waals surface area contributed by atoms with Crippen molar-refractivity contribution < 1.29 is 23.6 Å². The molecular weight excluding hydrogens is 393 g/mol. The second-order valence-electron chi connectivity index (χ2n) is 6.50. The second-order valence-corrected chi connectivity index (χ2v) is 6.50. The molecule has 2 rings (SSSR count). The zero-order valence-corrected chi connectivity index (χ0v) is 16.7. The molecule has 9 heteroatoms. The number of amides is 1. The molecule has 2 aromatic carbocycles. The number of anilines is 1. The van der Waals surface area contributed by atoms with E-state index in [0.717, 1.165) is 0 Å². The molecule has 1 amide bonds. The van der Waals surface area contributed by atoms with E-state index in [1.54, 1.807) is 37.3 Å². The van der Waals surface area contributed by atoms with Crippen LogP contribution in [-0.4, -0.2) is 41.4 Å². The van der Waals surface area contributed by atoms with Crippen molar-refractivity contribution in [2.24, 2.45) is 0 Å². The Hall–Kier alpha value is -3.49. The highest BCUT2D eigenvalue weighted by Crippen LogP contribution is 2.23. The minimum Gasteiger partial charge on any atom is -0.456 e. The molecule has 0 radical (unpaired) electrons. The molecule has 0 saturated heterocycles. The molecule has 0 spiro atoms. The fraction of sp³-hybridized carbons (Fsp3) is 0.333. The summed E-state index contributed by atoms with van der Waals surface area (Å²) in [6.45, 7) is 2.36. The normalized spacial score (nSPS) is 10.3. The maximum Gasteiger partial charge on any atom is 0.306 e. The Bertz CT molecular complexity index is 890. The Morgan fingerprint density at radius 1 is 1.20 bits per heavy atom. The van der Waals surface area contributed by atoms with Crippen LogP contribution in [0.15, 0.2) is 48.5 Å². The number of carbonyl (C=O) groups is 2. The van der Waals surface area contributed by atoms with Crippen molar-refractivity contribution in [1.82, 2.24) is 4.90 Å². The number of hydrogen-bond donors (Lipinski definition) is 1. The lowest BCUT2D eigenvalue weighted by atomic mass is 10.2.